The van der Waals surface area contributed by atoms with Crippen LogP contribution in [0.25, 0.3) is 0 Å². The first-order valence-electron chi connectivity index (χ1n) is 2.99. The third-order valence-corrected chi connectivity index (χ3v) is 1.34. The van der Waals surface area contributed by atoms with E-state index in [-0.39, 0.29) is 31.4 Å². The zero-order valence-electron chi connectivity index (χ0n) is 6.36. The molecule has 0 aliphatic heterocycles. The number of anilines is 2. The van der Waals surface area contributed by atoms with Crippen molar-refractivity contribution in [2.75, 3.05) is 11.5 Å². The van der Waals surface area contributed by atoms with Gasteiger partial charge in [-0.15, -0.1) is 24.8 Å². The number of hydrogen-bond acceptors (Lipinski definition) is 3. The molecule has 0 fully saturated rings. The zero-order valence-corrected chi connectivity index (χ0v) is 7.99. The molecular weight excluding hydrogens is 199 g/mol. The lowest BCUT2D eigenvalue weighted by Crippen LogP contribution is -1.95. The van der Waals surface area contributed by atoms with Crippen molar-refractivity contribution >= 4 is 36.2 Å². The molecule has 12 heavy (non-hydrogen) atoms. The highest BCUT2D eigenvalue weighted by molar-refractivity contribution is 5.85. The zero-order chi connectivity index (χ0) is 7.56. The van der Waals surface area contributed by atoms with Crippen LogP contribution in [0.1, 0.15) is 5.56 Å². The van der Waals surface area contributed by atoms with Gasteiger partial charge in [0.05, 0.1) is 6.61 Å². The molecule has 1 rings (SSSR count). The molecule has 0 bridgehead atoms. The van der Waals surface area contributed by atoms with Gasteiger partial charge in [0.2, 0.25) is 0 Å². The molecule has 0 amide bonds. The van der Waals surface area contributed by atoms with Crippen LogP contribution in [0, 0.1) is 0 Å². The molecule has 0 atom stereocenters. The van der Waals surface area contributed by atoms with E-state index < -0.39 is 0 Å². The van der Waals surface area contributed by atoms with Crippen molar-refractivity contribution in [2.24, 2.45) is 0 Å². The van der Waals surface area contributed by atoms with Gasteiger partial charge in [-0.05, 0) is 18.2 Å². The maximum absolute atomic E-state index is 8.71. The van der Waals surface area contributed by atoms with Crippen LogP contribution in [0.3, 0.4) is 0 Å². The fraction of sp³-hybridized carbons (Fsp3) is 0.143. The van der Waals surface area contributed by atoms with Crippen LogP contribution in [0.5, 0.6) is 0 Å². The Bertz CT molecular complexity index is 243. The molecule has 0 spiro atoms. The summed E-state index contributed by atoms with van der Waals surface area (Å²) >= 11 is 0. The van der Waals surface area contributed by atoms with E-state index in [0.29, 0.717) is 16.9 Å². The Kier molecular flexibility index (Phi) is 6.89. The van der Waals surface area contributed by atoms with E-state index in [1.165, 1.54) is 0 Å². The Morgan fingerprint density at radius 2 is 1.75 bits per heavy atom. The average molecular weight is 211 g/mol. The lowest BCUT2D eigenvalue weighted by molar-refractivity contribution is 0.282. The quantitative estimate of drug-likeness (QED) is 0.611. The first-order valence-corrected chi connectivity index (χ1v) is 2.99. The van der Waals surface area contributed by atoms with Crippen molar-refractivity contribution in [3.8, 4) is 0 Å². The van der Waals surface area contributed by atoms with Crippen LogP contribution in [0.4, 0.5) is 11.4 Å². The summed E-state index contributed by atoms with van der Waals surface area (Å²) in [6.45, 7) is -0.0587. The van der Waals surface area contributed by atoms with Gasteiger partial charge >= 0.3 is 0 Å². The lowest BCUT2D eigenvalue weighted by Gasteiger charge is -2.01. The van der Waals surface area contributed by atoms with Crippen molar-refractivity contribution in [1.29, 1.82) is 0 Å². The summed E-state index contributed by atoms with van der Waals surface area (Å²) < 4.78 is 0. The minimum Gasteiger partial charge on any atom is -0.399 e. The van der Waals surface area contributed by atoms with E-state index in [4.69, 9.17) is 16.6 Å². The molecule has 5 heteroatoms. The van der Waals surface area contributed by atoms with Crippen LogP contribution < -0.4 is 11.5 Å². The summed E-state index contributed by atoms with van der Waals surface area (Å²) in [5.41, 5.74) is 12.8. The molecule has 0 heterocycles. The molecule has 1 aromatic carbocycles. The maximum atomic E-state index is 8.71. The summed E-state index contributed by atoms with van der Waals surface area (Å²) in [6.07, 6.45) is 0. The fourth-order valence-corrected chi connectivity index (χ4v) is 0.763. The number of halogens is 2. The third kappa shape index (κ3) is 3.17. The Hall–Kier alpha value is -0.640. The molecule has 0 aliphatic rings. The minimum absolute atomic E-state index is 0. The number of hydrogen-bond donors (Lipinski definition) is 3. The van der Waals surface area contributed by atoms with Crippen LogP contribution in [-0.4, -0.2) is 5.11 Å². The Morgan fingerprint density at radius 3 is 2.17 bits per heavy atom. The van der Waals surface area contributed by atoms with Crippen molar-refractivity contribution in [3.05, 3.63) is 23.8 Å². The van der Waals surface area contributed by atoms with E-state index in [0.717, 1.165) is 0 Å². The number of benzene rings is 1. The molecular formula is C7H12Cl2N2O. The molecule has 0 unspecified atom stereocenters. The van der Waals surface area contributed by atoms with Crippen molar-refractivity contribution < 1.29 is 5.11 Å². The second kappa shape index (κ2) is 5.94. The largest absolute Gasteiger partial charge is 0.399 e. The highest BCUT2D eigenvalue weighted by atomic mass is 35.5. The summed E-state index contributed by atoms with van der Waals surface area (Å²) in [5.74, 6) is 0. The van der Waals surface area contributed by atoms with Crippen molar-refractivity contribution in [3.63, 3.8) is 0 Å². The van der Waals surface area contributed by atoms with Gasteiger partial charge in [0, 0.05) is 16.9 Å². The molecule has 0 saturated carbocycles. The van der Waals surface area contributed by atoms with Gasteiger partial charge in [-0.3, -0.25) is 0 Å². The second-order valence-corrected chi connectivity index (χ2v) is 2.12. The highest BCUT2D eigenvalue weighted by Gasteiger charge is 1.95. The summed E-state index contributed by atoms with van der Waals surface area (Å²) in [6, 6.07) is 5.05. The fourth-order valence-electron chi connectivity index (χ4n) is 0.763. The van der Waals surface area contributed by atoms with E-state index in [1.807, 2.05) is 0 Å². The van der Waals surface area contributed by atoms with Gasteiger partial charge in [0.1, 0.15) is 0 Å². The molecule has 5 N–H and O–H groups in total. The van der Waals surface area contributed by atoms with Crippen LogP contribution in [0.15, 0.2) is 18.2 Å². The van der Waals surface area contributed by atoms with Gasteiger partial charge in [-0.2, -0.15) is 0 Å². The van der Waals surface area contributed by atoms with E-state index in [1.54, 1.807) is 18.2 Å². The molecule has 0 saturated heterocycles. The number of aliphatic hydroxyl groups is 1. The lowest BCUT2D eigenvalue weighted by atomic mass is 10.2. The highest BCUT2D eigenvalue weighted by Crippen LogP contribution is 2.14. The molecule has 3 nitrogen and oxygen atoms in total. The maximum Gasteiger partial charge on any atom is 0.0702 e. The summed E-state index contributed by atoms with van der Waals surface area (Å²) in [7, 11) is 0. The normalized spacial score (nSPS) is 8.08. The smallest absolute Gasteiger partial charge is 0.0702 e. The summed E-state index contributed by atoms with van der Waals surface area (Å²) in [4.78, 5) is 0. The monoisotopic (exact) mass is 210 g/mol. The van der Waals surface area contributed by atoms with Crippen LogP contribution >= 0.6 is 24.8 Å². The first kappa shape index (κ1) is 13.9. The summed E-state index contributed by atoms with van der Waals surface area (Å²) in [5, 5.41) is 8.71. The van der Waals surface area contributed by atoms with Gasteiger partial charge in [0.25, 0.3) is 0 Å². The Labute approximate surface area is 83.6 Å². The number of rotatable bonds is 1. The molecule has 0 radical (unpaired) electrons. The van der Waals surface area contributed by atoms with Gasteiger partial charge in [-0.25, -0.2) is 0 Å². The number of aliphatic hydroxyl groups excluding tert-OH is 1. The topological polar surface area (TPSA) is 72.3 Å². The van der Waals surface area contributed by atoms with E-state index in [2.05, 4.69) is 0 Å². The van der Waals surface area contributed by atoms with Crippen molar-refractivity contribution in [1.82, 2.24) is 0 Å². The van der Waals surface area contributed by atoms with Gasteiger partial charge < -0.3 is 16.6 Å². The second-order valence-electron chi connectivity index (χ2n) is 2.12. The van der Waals surface area contributed by atoms with E-state index >= 15 is 0 Å². The predicted molar refractivity (Wildman–Crippen MR) is 55.7 cm³/mol. The standard InChI is InChI=1S/C7H10N2O.2ClH/c8-6-1-2-7(9)5(3-6)4-10;;/h1-3,10H,4,8-9H2;2*1H. The third-order valence-electron chi connectivity index (χ3n) is 1.34. The first-order chi connectivity index (χ1) is 4.74. The van der Waals surface area contributed by atoms with Gasteiger partial charge in [-0.1, -0.05) is 0 Å². The molecule has 0 aromatic heterocycles. The number of nitrogen functional groups attached to an aromatic ring is 2. The Balaban J connectivity index is 0. The SMILES string of the molecule is Cl.Cl.Nc1ccc(N)c(CO)c1. The molecule has 1 aromatic rings. The Morgan fingerprint density at radius 1 is 1.17 bits per heavy atom. The van der Waals surface area contributed by atoms with Crippen LogP contribution in [-0.2, 0) is 6.61 Å². The van der Waals surface area contributed by atoms with Crippen molar-refractivity contribution in [2.45, 2.75) is 6.61 Å². The predicted octanol–water partition coefficient (Wildman–Crippen LogP) is 1.19. The average Bonchev–Trinajstić information content (AvgIpc) is 1.94. The number of nitrogens with two attached hydrogens (primary N) is 2. The van der Waals surface area contributed by atoms with Crippen LogP contribution in [0.2, 0.25) is 0 Å². The van der Waals surface area contributed by atoms with E-state index in [9.17, 15) is 0 Å². The molecule has 70 valence electrons. The minimum atomic E-state index is -0.0587. The molecule has 0 aliphatic carbocycles. The van der Waals surface area contributed by atoms with Gasteiger partial charge in [0.15, 0.2) is 0 Å².